The first-order chi connectivity index (χ1) is 16.8. The zero-order valence-electron chi connectivity index (χ0n) is 22.1. The Bertz CT molecular complexity index is 759. The Labute approximate surface area is 209 Å². The van der Waals surface area contributed by atoms with Crippen LogP contribution in [0, 0.1) is 11.8 Å². The first-order valence-corrected chi connectivity index (χ1v) is 14.5. The Kier molecular flexibility index (Phi) is 12.6. The second kappa shape index (κ2) is 16.0. The number of hydrogen-bond donors (Lipinski definition) is 0. The molecule has 1 aromatic heterocycles. The summed E-state index contributed by atoms with van der Waals surface area (Å²) in [6.45, 7) is 5.41. The van der Waals surface area contributed by atoms with Crippen molar-refractivity contribution in [3.05, 3.63) is 48.2 Å². The molecule has 0 N–H and O–H groups in total. The first-order valence-electron chi connectivity index (χ1n) is 14.5. The quantitative estimate of drug-likeness (QED) is 0.231. The van der Waals surface area contributed by atoms with E-state index < -0.39 is 0 Å². The van der Waals surface area contributed by atoms with E-state index in [0.717, 1.165) is 41.9 Å². The van der Waals surface area contributed by atoms with Crippen molar-refractivity contribution < 1.29 is 4.74 Å². The first kappa shape index (κ1) is 26.8. The number of aryl methyl sites for hydroxylation is 1. The lowest BCUT2D eigenvalue weighted by Gasteiger charge is -2.28. The Morgan fingerprint density at radius 1 is 0.706 bits per heavy atom. The van der Waals surface area contributed by atoms with Crippen molar-refractivity contribution in [1.82, 2.24) is 4.98 Å². The number of pyridine rings is 1. The fraction of sp³-hybridized carbons (Fsp3) is 0.656. The van der Waals surface area contributed by atoms with Gasteiger partial charge in [0.25, 0.3) is 0 Å². The Morgan fingerprint density at radius 3 is 2.00 bits per heavy atom. The molecule has 0 spiro atoms. The van der Waals surface area contributed by atoms with Gasteiger partial charge >= 0.3 is 0 Å². The molecule has 0 saturated heterocycles. The van der Waals surface area contributed by atoms with Crippen molar-refractivity contribution in [2.24, 2.45) is 11.8 Å². The van der Waals surface area contributed by atoms with Gasteiger partial charge < -0.3 is 4.74 Å². The summed E-state index contributed by atoms with van der Waals surface area (Å²) in [5, 5.41) is 0. The van der Waals surface area contributed by atoms with Gasteiger partial charge in [0.1, 0.15) is 5.75 Å². The molecule has 1 heterocycles. The van der Waals surface area contributed by atoms with Crippen LogP contribution in [0.25, 0.3) is 11.3 Å². The van der Waals surface area contributed by atoms with E-state index in [9.17, 15) is 0 Å². The molecule has 2 aromatic rings. The zero-order valence-corrected chi connectivity index (χ0v) is 22.1. The molecule has 0 radical (unpaired) electrons. The van der Waals surface area contributed by atoms with E-state index in [1.54, 1.807) is 0 Å². The highest BCUT2D eigenvalue weighted by molar-refractivity contribution is 5.60. The fourth-order valence-corrected chi connectivity index (χ4v) is 5.45. The predicted molar refractivity (Wildman–Crippen MR) is 146 cm³/mol. The normalized spacial score (nSPS) is 18.2. The third-order valence-corrected chi connectivity index (χ3v) is 7.75. The topological polar surface area (TPSA) is 22.1 Å². The second-order valence-electron chi connectivity index (χ2n) is 10.6. The summed E-state index contributed by atoms with van der Waals surface area (Å²) in [5.41, 5.74) is 3.56. The van der Waals surface area contributed by atoms with Crippen molar-refractivity contribution >= 4 is 0 Å². The third kappa shape index (κ3) is 9.80. The molecule has 1 fully saturated rings. The average Bonchev–Trinajstić information content (AvgIpc) is 2.88. The van der Waals surface area contributed by atoms with Crippen LogP contribution in [0.2, 0.25) is 0 Å². The standard InChI is InChI=1S/C32H49NO/c1-3-5-7-8-10-13-29-19-24-32(33-26-29)30-20-22-31(23-21-30)34-25-11-14-28-17-15-27(16-18-28)12-9-6-4-2/h19-24,26-28H,3-18,25H2,1-2H3/t27-,28-. The number of ether oxygens (including phenoxy) is 1. The number of nitrogens with zero attached hydrogens (tertiary/aromatic N) is 1. The summed E-state index contributed by atoms with van der Waals surface area (Å²) in [6.07, 6.45) is 23.8. The highest BCUT2D eigenvalue weighted by atomic mass is 16.5. The van der Waals surface area contributed by atoms with Crippen LogP contribution >= 0.6 is 0 Å². The SMILES string of the molecule is CCCCCCCc1ccc(-c2ccc(OCCC[C@H]3CC[C@H](CCCCC)CC3)cc2)nc1. The molecule has 2 nitrogen and oxygen atoms in total. The van der Waals surface area contributed by atoms with E-state index in [2.05, 4.69) is 56.4 Å². The average molecular weight is 464 g/mol. The smallest absolute Gasteiger partial charge is 0.119 e. The van der Waals surface area contributed by atoms with E-state index in [4.69, 9.17) is 9.72 Å². The van der Waals surface area contributed by atoms with Crippen LogP contribution in [0.1, 0.15) is 116 Å². The minimum Gasteiger partial charge on any atom is -0.494 e. The Balaban J connectivity index is 1.31. The highest BCUT2D eigenvalue weighted by Gasteiger charge is 2.20. The van der Waals surface area contributed by atoms with Gasteiger partial charge in [0.15, 0.2) is 0 Å². The van der Waals surface area contributed by atoms with Gasteiger partial charge in [-0.05, 0) is 73.4 Å². The van der Waals surface area contributed by atoms with Crippen LogP contribution in [0.3, 0.4) is 0 Å². The largest absolute Gasteiger partial charge is 0.494 e. The van der Waals surface area contributed by atoms with Crippen LogP contribution in [0.5, 0.6) is 5.75 Å². The molecule has 1 aliphatic carbocycles. The van der Waals surface area contributed by atoms with Crippen LogP contribution in [-0.4, -0.2) is 11.6 Å². The van der Waals surface area contributed by atoms with Crippen LogP contribution in [0.15, 0.2) is 42.6 Å². The lowest BCUT2D eigenvalue weighted by atomic mass is 9.78. The van der Waals surface area contributed by atoms with Gasteiger partial charge in [-0.3, -0.25) is 4.98 Å². The molecule has 0 aliphatic heterocycles. The molecule has 1 aromatic carbocycles. The van der Waals surface area contributed by atoms with Gasteiger partial charge in [0.05, 0.1) is 12.3 Å². The lowest BCUT2D eigenvalue weighted by molar-refractivity contribution is 0.228. The maximum absolute atomic E-state index is 6.05. The highest BCUT2D eigenvalue weighted by Crippen LogP contribution is 2.34. The summed E-state index contributed by atoms with van der Waals surface area (Å²) < 4.78 is 6.05. The molecule has 0 amide bonds. The molecular formula is C32H49NO. The number of hydrogen-bond acceptors (Lipinski definition) is 2. The predicted octanol–water partition coefficient (Wildman–Crippen LogP) is 9.81. The molecular weight excluding hydrogens is 414 g/mol. The minimum atomic E-state index is 0.834. The maximum Gasteiger partial charge on any atom is 0.119 e. The second-order valence-corrected chi connectivity index (χ2v) is 10.6. The van der Waals surface area contributed by atoms with Gasteiger partial charge in [-0.2, -0.15) is 0 Å². The third-order valence-electron chi connectivity index (χ3n) is 7.75. The number of unbranched alkanes of at least 4 members (excludes halogenated alkanes) is 6. The van der Waals surface area contributed by atoms with Crippen LogP contribution in [-0.2, 0) is 6.42 Å². The van der Waals surface area contributed by atoms with Gasteiger partial charge in [0.2, 0.25) is 0 Å². The number of aromatic nitrogens is 1. The van der Waals surface area contributed by atoms with Gasteiger partial charge in [-0.25, -0.2) is 0 Å². The molecule has 2 heteroatoms. The molecule has 0 unspecified atom stereocenters. The molecule has 1 saturated carbocycles. The van der Waals surface area contributed by atoms with Crippen molar-refractivity contribution in [2.75, 3.05) is 6.61 Å². The van der Waals surface area contributed by atoms with Crippen molar-refractivity contribution in [1.29, 1.82) is 0 Å². The van der Waals surface area contributed by atoms with E-state index >= 15 is 0 Å². The molecule has 0 bridgehead atoms. The molecule has 3 rings (SSSR count). The van der Waals surface area contributed by atoms with Gasteiger partial charge in [-0.1, -0.05) is 97.0 Å². The van der Waals surface area contributed by atoms with E-state index in [1.807, 2.05) is 0 Å². The summed E-state index contributed by atoms with van der Waals surface area (Å²) >= 11 is 0. The molecule has 1 aliphatic rings. The van der Waals surface area contributed by atoms with Crippen molar-refractivity contribution in [3.63, 3.8) is 0 Å². The van der Waals surface area contributed by atoms with Crippen LogP contribution in [0.4, 0.5) is 0 Å². The van der Waals surface area contributed by atoms with Crippen LogP contribution < -0.4 is 4.74 Å². The molecule has 0 atom stereocenters. The van der Waals surface area contributed by atoms with Gasteiger partial charge in [-0.15, -0.1) is 0 Å². The van der Waals surface area contributed by atoms with E-state index in [-0.39, 0.29) is 0 Å². The Hall–Kier alpha value is -1.83. The van der Waals surface area contributed by atoms with E-state index in [0.29, 0.717) is 0 Å². The van der Waals surface area contributed by atoms with Gasteiger partial charge in [0, 0.05) is 11.8 Å². The molecule has 188 valence electrons. The molecule has 34 heavy (non-hydrogen) atoms. The number of benzene rings is 1. The summed E-state index contributed by atoms with van der Waals surface area (Å²) in [5.74, 6) is 2.92. The summed E-state index contributed by atoms with van der Waals surface area (Å²) in [7, 11) is 0. The summed E-state index contributed by atoms with van der Waals surface area (Å²) in [6, 6.07) is 12.9. The fourth-order valence-electron chi connectivity index (χ4n) is 5.45. The number of rotatable bonds is 16. The van der Waals surface area contributed by atoms with E-state index in [1.165, 1.54) is 102 Å². The lowest BCUT2D eigenvalue weighted by Crippen LogP contribution is -2.15. The minimum absolute atomic E-state index is 0.834. The van der Waals surface area contributed by atoms with Crippen molar-refractivity contribution in [2.45, 2.75) is 117 Å². The van der Waals surface area contributed by atoms with Crippen molar-refractivity contribution in [3.8, 4) is 17.0 Å². The summed E-state index contributed by atoms with van der Waals surface area (Å²) in [4.78, 5) is 4.71. The zero-order chi connectivity index (χ0) is 23.8. The maximum atomic E-state index is 6.05. The monoisotopic (exact) mass is 463 g/mol. The Morgan fingerprint density at radius 2 is 1.35 bits per heavy atom.